The molecule has 9 heteroatoms. The molecule has 188 valence electrons. The largest absolute Gasteiger partial charge is 0.479 e. The summed E-state index contributed by atoms with van der Waals surface area (Å²) in [6, 6.07) is 11.7. The van der Waals surface area contributed by atoms with Gasteiger partial charge in [-0.2, -0.15) is 0 Å². The maximum atomic E-state index is 13.9. The number of nitrogens with one attached hydrogen (secondary N) is 1. The van der Waals surface area contributed by atoms with E-state index in [1.807, 2.05) is 0 Å². The Balaban J connectivity index is 1.52. The van der Waals surface area contributed by atoms with Gasteiger partial charge in [0.05, 0.1) is 12.6 Å². The van der Waals surface area contributed by atoms with E-state index < -0.39 is 30.0 Å². The van der Waals surface area contributed by atoms with E-state index in [-0.39, 0.29) is 31.4 Å². The Bertz CT molecular complexity index is 1030. The van der Waals surface area contributed by atoms with Crippen molar-refractivity contribution >= 4 is 17.8 Å². The van der Waals surface area contributed by atoms with Crippen LogP contribution in [-0.4, -0.2) is 54.0 Å². The Labute approximate surface area is 204 Å². The third-order valence-corrected chi connectivity index (χ3v) is 5.87. The van der Waals surface area contributed by atoms with Crippen molar-refractivity contribution in [2.24, 2.45) is 5.73 Å². The van der Waals surface area contributed by atoms with E-state index in [2.05, 4.69) is 5.32 Å². The van der Waals surface area contributed by atoms with Crippen molar-refractivity contribution in [2.75, 3.05) is 13.2 Å². The minimum Gasteiger partial charge on any atom is -0.479 e. The number of rotatable bonds is 10. The highest BCUT2D eigenvalue weighted by molar-refractivity contribution is 5.90. The summed E-state index contributed by atoms with van der Waals surface area (Å²) in [6.45, 7) is 4.34. The van der Waals surface area contributed by atoms with Gasteiger partial charge in [-0.25, -0.2) is 9.18 Å². The number of carbonyl (C=O) groups is 3. The van der Waals surface area contributed by atoms with E-state index in [1.54, 1.807) is 56.3 Å². The van der Waals surface area contributed by atoms with Crippen LogP contribution in [0.5, 0.6) is 5.75 Å². The predicted molar refractivity (Wildman–Crippen MR) is 128 cm³/mol. The van der Waals surface area contributed by atoms with Crippen molar-refractivity contribution < 1.29 is 28.2 Å². The molecule has 0 radical (unpaired) electrons. The van der Waals surface area contributed by atoms with Crippen LogP contribution in [0, 0.1) is 5.82 Å². The first-order chi connectivity index (χ1) is 16.8. The zero-order valence-corrected chi connectivity index (χ0v) is 20.0. The first-order valence-corrected chi connectivity index (χ1v) is 11.8. The molecule has 35 heavy (non-hydrogen) atoms. The molecule has 3 N–H and O–H groups in total. The van der Waals surface area contributed by atoms with E-state index in [0.717, 1.165) is 5.56 Å². The molecule has 0 spiro atoms. The summed E-state index contributed by atoms with van der Waals surface area (Å²) in [5.74, 6) is -0.947. The fraction of sp³-hybridized carbons (Fsp3) is 0.423. The molecular formula is C26H32FN3O5. The molecule has 1 saturated heterocycles. The maximum Gasteiger partial charge on any atom is 0.347 e. The van der Waals surface area contributed by atoms with Crippen LogP contribution in [-0.2, 0) is 32.1 Å². The summed E-state index contributed by atoms with van der Waals surface area (Å²) < 4.78 is 24.4. The monoisotopic (exact) mass is 485 g/mol. The first kappa shape index (κ1) is 26.2. The molecular weight excluding hydrogens is 453 g/mol. The van der Waals surface area contributed by atoms with Crippen LogP contribution in [0.25, 0.3) is 0 Å². The zero-order chi connectivity index (χ0) is 25.4. The second-order valence-corrected chi connectivity index (χ2v) is 8.47. The summed E-state index contributed by atoms with van der Waals surface area (Å²) >= 11 is 0. The van der Waals surface area contributed by atoms with Crippen LogP contribution >= 0.6 is 0 Å². The average molecular weight is 486 g/mol. The summed E-state index contributed by atoms with van der Waals surface area (Å²) in [7, 11) is 0. The zero-order valence-electron chi connectivity index (χ0n) is 20.0. The number of halogens is 1. The van der Waals surface area contributed by atoms with Crippen LogP contribution in [0.3, 0.4) is 0 Å². The molecule has 1 heterocycles. The number of carbonyl (C=O) groups excluding carboxylic acids is 3. The van der Waals surface area contributed by atoms with Gasteiger partial charge in [-0.1, -0.05) is 30.3 Å². The fourth-order valence-corrected chi connectivity index (χ4v) is 4.01. The summed E-state index contributed by atoms with van der Waals surface area (Å²) in [4.78, 5) is 38.9. The molecule has 0 bridgehead atoms. The minimum atomic E-state index is -0.926. The van der Waals surface area contributed by atoms with Gasteiger partial charge < -0.3 is 25.4 Å². The van der Waals surface area contributed by atoms with Crippen molar-refractivity contribution in [3.8, 4) is 5.75 Å². The smallest absolute Gasteiger partial charge is 0.347 e. The molecule has 0 aliphatic carbocycles. The number of likely N-dealkylation sites (tertiary alicyclic amines) is 1. The van der Waals surface area contributed by atoms with E-state index in [9.17, 15) is 18.8 Å². The average Bonchev–Trinajstić information content (AvgIpc) is 3.34. The van der Waals surface area contributed by atoms with E-state index in [1.165, 1.54) is 11.0 Å². The van der Waals surface area contributed by atoms with Crippen molar-refractivity contribution in [1.29, 1.82) is 0 Å². The molecule has 3 atom stereocenters. The van der Waals surface area contributed by atoms with E-state index >= 15 is 0 Å². The Morgan fingerprint density at radius 3 is 2.57 bits per heavy atom. The van der Waals surface area contributed by atoms with Crippen LogP contribution in [0.2, 0.25) is 0 Å². The molecule has 1 aliphatic rings. The highest BCUT2D eigenvalue weighted by Gasteiger charge is 2.36. The van der Waals surface area contributed by atoms with Gasteiger partial charge in [-0.15, -0.1) is 0 Å². The van der Waals surface area contributed by atoms with Gasteiger partial charge in [0, 0.05) is 13.1 Å². The summed E-state index contributed by atoms with van der Waals surface area (Å²) in [6.07, 6.45) is 0.583. The third-order valence-electron chi connectivity index (χ3n) is 5.87. The van der Waals surface area contributed by atoms with Crippen LogP contribution in [0.4, 0.5) is 4.39 Å². The minimum absolute atomic E-state index is 0.0690. The van der Waals surface area contributed by atoms with Crippen LogP contribution in [0.15, 0.2) is 48.5 Å². The van der Waals surface area contributed by atoms with Crippen molar-refractivity contribution in [3.05, 3.63) is 65.5 Å². The molecule has 0 saturated carbocycles. The number of ether oxygens (including phenoxy) is 2. The highest BCUT2D eigenvalue weighted by Crippen LogP contribution is 2.20. The molecule has 3 rings (SSSR count). The maximum absolute atomic E-state index is 13.9. The highest BCUT2D eigenvalue weighted by atomic mass is 19.1. The lowest BCUT2D eigenvalue weighted by Gasteiger charge is -2.27. The molecule has 8 nitrogen and oxygen atoms in total. The van der Waals surface area contributed by atoms with Gasteiger partial charge in [0.15, 0.2) is 6.10 Å². The summed E-state index contributed by atoms with van der Waals surface area (Å²) in [5, 5.41) is 2.87. The van der Waals surface area contributed by atoms with Crippen LogP contribution < -0.4 is 15.8 Å². The number of nitrogens with two attached hydrogens (primary N) is 1. The molecule has 2 aromatic rings. The van der Waals surface area contributed by atoms with Crippen molar-refractivity contribution in [1.82, 2.24) is 10.2 Å². The number of hydrogen-bond donors (Lipinski definition) is 2. The summed E-state index contributed by atoms with van der Waals surface area (Å²) in [5.41, 5.74) is 7.29. The van der Waals surface area contributed by atoms with Gasteiger partial charge in [0.1, 0.15) is 17.6 Å². The van der Waals surface area contributed by atoms with Gasteiger partial charge in [-0.3, -0.25) is 9.59 Å². The SMILES string of the molecule is CCOC(=O)C(C)Oc1ccc(CNC(=O)[C@@H]2CCCN2C(=O)[C@@H](N)Cc2ccccc2F)cc1. The van der Waals surface area contributed by atoms with Crippen LogP contribution in [0.1, 0.15) is 37.8 Å². The van der Waals surface area contributed by atoms with Gasteiger partial charge in [0.2, 0.25) is 11.8 Å². The van der Waals surface area contributed by atoms with E-state index in [0.29, 0.717) is 30.7 Å². The standard InChI is InChI=1S/C26H32FN3O5/c1-3-34-26(33)17(2)35-20-12-10-18(11-13-20)16-29-24(31)23-9-6-14-30(23)25(32)22(28)15-19-7-4-5-8-21(19)27/h4-5,7-8,10-13,17,22-23H,3,6,9,14-16,28H2,1-2H3,(H,29,31)/t17?,22-,23-/m0/s1. The van der Waals surface area contributed by atoms with Gasteiger partial charge in [-0.05, 0) is 62.4 Å². The molecule has 1 fully saturated rings. The second-order valence-electron chi connectivity index (χ2n) is 8.47. The number of amides is 2. The number of nitrogens with zero attached hydrogens (tertiary/aromatic N) is 1. The Hall–Kier alpha value is -3.46. The molecule has 1 aliphatic heterocycles. The van der Waals surface area contributed by atoms with Crippen molar-refractivity contribution in [2.45, 2.75) is 57.8 Å². The number of esters is 1. The molecule has 2 amide bonds. The molecule has 2 aromatic carbocycles. The number of benzene rings is 2. The Morgan fingerprint density at radius 1 is 1.17 bits per heavy atom. The topological polar surface area (TPSA) is 111 Å². The third kappa shape index (κ3) is 7.02. The second kappa shape index (κ2) is 12.3. The van der Waals surface area contributed by atoms with E-state index in [4.69, 9.17) is 15.2 Å². The predicted octanol–water partition coefficient (Wildman–Crippen LogP) is 2.33. The fourth-order valence-electron chi connectivity index (χ4n) is 4.01. The lowest BCUT2D eigenvalue weighted by Crippen LogP contribution is -2.51. The quantitative estimate of drug-likeness (QED) is 0.500. The van der Waals surface area contributed by atoms with Gasteiger partial charge in [0.25, 0.3) is 0 Å². The lowest BCUT2D eigenvalue weighted by atomic mass is 10.0. The lowest BCUT2D eigenvalue weighted by molar-refractivity contribution is -0.150. The first-order valence-electron chi connectivity index (χ1n) is 11.8. The Morgan fingerprint density at radius 2 is 1.89 bits per heavy atom. The van der Waals surface area contributed by atoms with Crippen molar-refractivity contribution in [3.63, 3.8) is 0 Å². The Kier molecular flexibility index (Phi) is 9.19. The molecule has 1 unspecified atom stereocenters. The number of hydrogen-bond acceptors (Lipinski definition) is 6. The van der Waals surface area contributed by atoms with Gasteiger partial charge >= 0.3 is 5.97 Å². The normalized spacial score (nSPS) is 16.9. The molecule has 0 aromatic heterocycles.